The number of fused-ring (bicyclic) bond motifs is 1. The van der Waals surface area contributed by atoms with Gasteiger partial charge in [0.2, 0.25) is 0 Å². The first-order valence-electron chi connectivity index (χ1n) is 7.42. The molecule has 3 aromatic heterocycles. The first-order valence-corrected chi connectivity index (χ1v) is 7.42. The number of aromatic nitrogens is 5. The average Bonchev–Trinajstić information content (AvgIpc) is 3.03. The van der Waals surface area contributed by atoms with Crippen LogP contribution in [0.4, 0.5) is 10.2 Å². The number of aliphatic hydroxyl groups is 1. The lowest BCUT2D eigenvalue weighted by atomic mass is 10.0. The van der Waals surface area contributed by atoms with E-state index in [0.717, 1.165) is 18.4 Å². The van der Waals surface area contributed by atoms with Crippen LogP contribution in [0.15, 0.2) is 30.9 Å². The Kier molecular flexibility index (Phi) is 4.72. The standard InChI is InChI=1S/C15H17FN6O/c16-15-21-13-12(18-9-19-13)14(22-15)20-11(3-1-2-8-23)10-4-6-17-7-5-10/h4-7,9,11,23H,1-3,8H2,(H2,18,19,20,21,22). The van der Waals surface area contributed by atoms with E-state index in [1.165, 1.54) is 6.33 Å². The minimum absolute atomic E-state index is 0.0845. The molecule has 23 heavy (non-hydrogen) atoms. The summed E-state index contributed by atoms with van der Waals surface area (Å²) in [4.78, 5) is 18.4. The van der Waals surface area contributed by atoms with Gasteiger partial charge < -0.3 is 15.4 Å². The van der Waals surface area contributed by atoms with Crippen LogP contribution in [0.25, 0.3) is 11.2 Å². The van der Waals surface area contributed by atoms with Crippen molar-refractivity contribution in [3.8, 4) is 0 Å². The molecular formula is C15H17FN6O. The lowest BCUT2D eigenvalue weighted by Crippen LogP contribution is -2.13. The Hall–Kier alpha value is -2.61. The number of H-pyrrole nitrogens is 1. The molecule has 7 nitrogen and oxygen atoms in total. The van der Waals surface area contributed by atoms with E-state index in [1.54, 1.807) is 12.4 Å². The fourth-order valence-corrected chi connectivity index (χ4v) is 2.45. The summed E-state index contributed by atoms with van der Waals surface area (Å²) in [7, 11) is 0. The predicted octanol–water partition coefficient (Wildman–Crippen LogP) is 2.20. The van der Waals surface area contributed by atoms with Gasteiger partial charge in [-0.25, -0.2) is 4.98 Å². The average molecular weight is 316 g/mol. The summed E-state index contributed by atoms with van der Waals surface area (Å²) in [5.74, 6) is 0.347. The fourth-order valence-electron chi connectivity index (χ4n) is 2.45. The quantitative estimate of drug-likeness (QED) is 0.456. The number of pyridine rings is 1. The monoisotopic (exact) mass is 316 g/mol. The Morgan fingerprint density at radius 3 is 2.83 bits per heavy atom. The van der Waals surface area contributed by atoms with Gasteiger partial charge in [-0.1, -0.05) is 0 Å². The Morgan fingerprint density at radius 2 is 2.04 bits per heavy atom. The summed E-state index contributed by atoms with van der Waals surface area (Å²) in [6.07, 6.45) is 6.36. The largest absolute Gasteiger partial charge is 0.396 e. The van der Waals surface area contributed by atoms with Gasteiger partial charge in [0.1, 0.15) is 5.52 Å². The Balaban J connectivity index is 1.88. The van der Waals surface area contributed by atoms with E-state index in [9.17, 15) is 4.39 Å². The minimum atomic E-state index is -0.812. The highest BCUT2D eigenvalue weighted by molar-refractivity contribution is 5.82. The maximum atomic E-state index is 13.6. The molecule has 0 aliphatic carbocycles. The molecule has 8 heteroatoms. The molecule has 0 saturated heterocycles. The molecule has 0 aliphatic heterocycles. The van der Waals surface area contributed by atoms with Crippen LogP contribution >= 0.6 is 0 Å². The molecule has 120 valence electrons. The first-order chi connectivity index (χ1) is 11.3. The highest BCUT2D eigenvalue weighted by Crippen LogP contribution is 2.26. The van der Waals surface area contributed by atoms with Crippen molar-refractivity contribution in [2.24, 2.45) is 0 Å². The van der Waals surface area contributed by atoms with Crippen LogP contribution < -0.4 is 5.32 Å². The number of halogens is 1. The highest BCUT2D eigenvalue weighted by atomic mass is 19.1. The second-order valence-electron chi connectivity index (χ2n) is 5.14. The van der Waals surface area contributed by atoms with Crippen LogP contribution in [0, 0.1) is 6.08 Å². The number of aliphatic hydroxyl groups excluding tert-OH is 1. The van der Waals surface area contributed by atoms with Crippen molar-refractivity contribution in [1.29, 1.82) is 0 Å². The van der Waals surface area contributed by atoms with Crippen molar-refractivity contribution in [3.05, 3.63) is 42.5 Å². The van der Waals surface area contributed by atoms with Crippen LogP contribution in [-0.2, 0) is 0 Å². The molecule has 3 N–H and O–H groups in total. The zero-order chi connectivity index (χ0) is 16.1. The molecule has 0 radical (unpaired) electrons. The smallest absolute Gasteiger partial charge is 0.312 e. The van der Waals surface area contributed by atoms with Crippen LogP contribution in [0.2, 0.25) is 0 Å². The van der Waals surface area contributed by atoms with Crippen molar-refractivity contribution in [3.63, 3.8) is 0 Å². The third-order valence-electron chi connectivity index (χ3n) is 3.57. The lowest BCUT2D eigenvalue weighted by molar-refractivity contribution is 0.282. The van der Waals surface area contributed by atoms with E-state index >= 15 is 0 Å². The van der Waals surface area contributed by atoms with Gasteiger partial charge >= 0.3 is 6.08 Å². The first kappa shape index (κ1) is 15.3. The Labute approximate surface area is 132 Å². The molecule has 3 rings (SSSR count). The van der Waals surface area contributed by atoms with Crippen LogP contribution in [0.3, 0.4) is 0 Å². The van der Waals surface area contributed by atoms with Crippen LogP contribution in [0.1, 0.15) is 30.9 Å². The van der Waals surface area contributed by atoms with Gasteiger partial charge in [0.05, 0.1) is 12.4 Å². The summed E-state index contributed by atoms with van der Waals surface area (Å²) in [6, 6.07) is 3.71. The van der Waals surface area contributed by atoms with E-state index in [1.807, 2.05) is 12.1 Å². The SMILES string of the molecule is OCCCCC(Nc1nc(F)nc2[nH]cnc12)c1ccncc1. The number of anilines is 1. The predicted molar refractivity (Wildman–Crippen MR) is 83.2 cm³/mol. The number of hydrogen-bond donors (Lipinski definition) is 3. The number of rotatable bonds is 7. The molecule has 1 unspecified atom stereocenters. The second-order valence-corrected chi connectivity index (χ2v) is 5.14. The van der Waals surface area contributed by atoms with Gasteiger partial charge in [-0.3, -0.25) is 4.98 Å². The Bertz CT molecular complexity index is 763. The lowest BCUT2D eigenvalue weighted by Gasteiger charge is -2.19. The number of unbranched alkanes of at least 4 members (excludes halogenated alkanes) is 1. The molecular weight excluding hydrogens is 299 g/mol. The summed E-state index contributed by atoms with van der Waals surface area (Å²) in [5.41, 5.74) is 1.86. The molecule has 0 bridgehead atoms. The van der Waals surface area contributed by atoms with E-state index in [0.29, 0.717) is 23.4 Å². The maximum Gasteiger partial charge on any atom is 0.312 e. The molecule has 0 spiro atoms. The summed E-state index contributed by atoms with van der Waals surface area (Å²) < 4.78 is 13.6. The number of imidazole rings is 1. The Morgan fingerprint density at radius 1 is 1.22 bits per heavy atom. The van der Waals surface area contributed by atoms with Gasteiger partial charge in [-0.15, -0.1) is 0 Å². The molecule has 0 aliphatic rings. The van der Waals surface area contributed by atoms with Gasteiger partial charge in [0.25, 0.3) is 0 Å². The fraction of sp³-hybridized carbons (Fsp3) is 0.333. The second kappa shape index (κ2) is 7.10. The van der Waals surface area contributed by atoms with E-state index in [2.05, 4.69) is 30.2 Å². The van der Waals surface area contributed by atoms with Gasteiger partial charge in [0, 0.05) is 19.0 Å². The maximum absolute atomic E-state index is 13.6. The summed E-state index contributed by atoms with van der Waals surface area (Å²) in [5, 5.41) is 12.2. The molecule has 3 aromatic rings. The summed E-state index contributed by atoms with van der Waals surface area (Å²) >= 11 is 0. The highest BCUT2D eigenvalue weighted by Gasteiger charge is 2.16. The summed E-state index contributed by atoms with van der Waals surface area (Å²) in [6.45, 7) is 0.148. The van der Waals surface area contributed by atoms with Crippen molar-refractivity contribution in [2.75, 3.05) is 11.9 Å². The third kappa shape index (κ3) is 3.59. The van der Waals surface area contributed by atoms with Crippen molar-refractivity contribution >= 4 is 17.0 Å². The topological polar surface area (TPSA) is 99.6 Å². The van der Waals surface area contributed by atoms with E-state index < -0.39 is 6.08 Å². The number of nitrogens with zero attached hydrogens (tertiary/aromatic N) is 4. The van der Waals surface area contributed by atoms with Gasteiger partial charge in [0.15, 0.2) is 11.5 Å². The van der Waals surface area contributed by atoms with Gasteiger partial charge in [-0.05, 0) is 37.0 Å². The molecule has 0 aromatic carbocycles. The number of nitrogens with one attached hydrogen (secondary N) is 2. The zero-order valence-corrected chi connectivity index (χ0v) is 12.4. The molecule has 0 saturated carbocycles. The molecule has 0 fully saturated rings. The van der Waals surface area contributed by atoms with Crippen LogP contribution in [0.5, 0.6) is 0 Å². The normalized spacial score (nSPS) is 12.4. The molecule has 0 amide bonds. The van der Waals surface area contributed by atoms with E-state index in [4.69, 9.17) is 5.11 Å². The number of aromatic amines is 1. The number of hydrogen-bond acceptors (Lipinski definition) is 6. The van der Waals surface area contributed by atoms with Crippen molar-refractivity contribution in [2.45, 2.75) is 25.3 Å². The molecule has 3 heterocycles. The van der Waals surface area contributed by atoms with Crippen molar-refractivity contribution in [1.82, 2.24) is 24.9 Å². The van der Waals surface area contributed by atoms with Crippen molar-refractivity contribution < 1.29 is 9.50 Å². The third-order valence-corrected chi connectivity index (χ3v) is 3.57. The zero-order valence-electron chi connectivity index (χ0n) is 12.4. The van der Waals surface area contributed by atoms with Gasteiger partial charge in [-0.2, -0.15) is 14.4 Å². The van der Waals surface area contributed by atoms with E-state index in [-0.39, 0.29) is 12.6 Å². The molecule has 1 atom stereocenters. The van der Waals surface area contributed by atoms with Crippen LogP contribution in [-0.4, -0.2) is 36.6 Å². The minimum Gasteiger partial charge on any atom is -0.396 e.